The molecule has 4 rings (SSSR count). The Balaban J connectivity index is 1.41. The van der Waals surface area contributed by atoms with Crippen molar-refractivity contribution in [1.82, 2.24) is 4.90 Å². The van der Waals surface area contributed by atoms with Crippen LogP contribution in [0.25, 0.3) is 10.8 Å². The van der Waals surface area contributed by atoms with Crippen molar-refractivity contribution in [1.29, 1.82) is 0 Å². The molecule has 1 N–H and O–H groups in total. The summed E-state index contributed by atoms with van der Waals surface area (Å²) < 4.78 is 10.8. The fourth-order valence-corrected chi connectivity index (χ4v) is 5.25. The SMILES string of the molecule is COc1ccc(CCN(Cc2ccccc2)CC(O)CSc2cccc3ccccc23)cc1OC. The van der Waals surface area contributed by atoms with Crippen molar-refractivity contribution in [3.8, 4) is 11.5 Å². The maximum Gasteiger partial charge on any atom is 0.160 e. The van der Waals surface area contributed by atoms with Crippen LogP contribution in [0.4, 0.5) is 0 Å². The zero-order chi connectivity index (χ0) is 24.5. The molecule has 0 radical (unpaired) electrons. The lowest BCUT2D eigenvalue weighted by molar-refractivity contribution is 0.126. The summed E-state index contributed by atoms with van der Waals surface area (Å²) in [7, 11) is 3.31. The summed E-state index contributed by atoms with van der Waals surface area (Å²) in [5.74, 6) is 2.12. The van der Waals surface area contributed by atoms with Gasteiger partial charge in [0.05, 0.1) is 20.3 Å². The minimum Gasteiger partial charge on any atom is -0.493 e. The summed E-state index contributed by atoms with van der Waals surface area (Å²) in [4.78, 5) is 3.54. The molecule has 0 amide bonds. The topological polar surface area (TPSA) is 41.9 Å². The highest BCUT2D eigenvalue weighted by atomic mass is 32.2. The number of hydrogen-bond acceptors (Lipinski definition) is 5. The van der Waals surface area contributed by atoms with E-state index < -0.39 is 6.10 Å². The summed E-state index contributed by atoms with van der Waals surface area (Å²) in [5.41, 5.74) is 2.43. The first-order chi connectivity index (χ1) is 17.2. The third-order valence-corrected chi connectivity index (χ3v) is 7.28. The molecule has 0 fully saturated rings. The number of hydrogen-bond donors (Lipinski definition) is 1. The second-order valence-corrected chi connectivity index (χ2v) is 9.66. The summed E-state index contributed by atoms with van der Waals surface area (Å²) in [6, 6.07) is 31.3. The average molecular weight is 488 g/mol. The molecule has 0 saturated carbocycles. The van der Waals surface area contributed by atoms with Gasteiger partial charge in [-0.25, -0.2) is 0 Å². The Kier molecular flexibility index (Phi) is 9.07. The Hall–Kier alpha value is -2.99. The Morgan fingerprint density at radius 2 is 1.54 bits per heavy atom. The minimum atomic E-state index is -0.437. The van der Waals surface area contributed by atoms with Crippen molar-refractivity contribution in [2.24, 2.45) is 0 Å². The number of aliphatic hydroxyl groups is 1. The van der Waals surface area contributed by atoms with E-state index in [1.807, 2.05) is 18.2 Å². The highest BCUT2D eigenvalue weighted by Gasteiger charge is 2.15. The highest BCUT2D eigenvalue weighted by Crippen LogP contribution is 2.29. The van der Waals surface area contributed by atoms with Crippen molar-refractivity contribution in [3.05, 3.63) is 102 Å². The smallest absolute Gasteiger partial charge is 0.160 e. The van der Waals surface area contributed by atoms with Gasteiger partial charge >= 0.3 is 0 Å². The van der Waals surface area contributed by atoms with Crippen LogP contribution in [0.2, 0.25) is 0 Å². The average Bonchev–Trinajstić information content (AvgIpc) is 2.91. The van der Waals surface area contributed by atoms with E-state index in [1.54, 1.807) is 26.0 Å². The molecule has 0 saturated heterocycles. The van der Waals surface area contributed by atoms with E-state index >= 15 is 0 Å². The molecule has 4 aromatic carbocycles. The molecular formula is C30H33NO3S. The van der Waals surface area contributed by atoms with Crippen LogP contribution in [0.5, 0.6) is 11.5 Å². The number of benzene rings is 4. The predicted molar refractivity (Wildman–Crippen MR) is 146 cm³/mol. The summed E-state index contributed by atoms with van der Waals surface area (Å²) in [5, 5.41) is 13.4. The maximum absolute atomic E-state index is 11.0. The van der Waals surface area contributed by atoms with Gasteiger partial charge in [0.25, 0.3) is 0 Å². The van der Waals surface area contributed by atoms with Crippen molar-refractivity contribution < 1.29 is 14.6 Å². The van der Waals surface area contributed by atoms with Gasteiger partial charge in [-0.2, -0.15) is 0 Å². The molecule has 35 heavy (non-hydrogen) atoms. The van der Waals surface area contributed by atoms with Gasteiger partial charge < -0.3 is 14.6 Å². The second-order valence-electron chi connectivity index (χ2n) is 8.60. The van der Waals surface area contributed by atoms with Crippen LogP contribution in [-0.2, 0) is 13.0 Å². The number of ether oxygens (including phenoxy) is 2. The fourth-order valence-electron chi connectivity index (χ4n) is 4.26. The first-order valence-electron chi connectivity index (χ1n) is 11.9. The highest BCUT2D eigenvalue weighted by molar-refractivity contribution is 7.99. The minimum absolute atomic E-state index is 0.437. The summed E-state index contributed by atoms with van der Waals surface area (Å²) in [6.45, 7) is 2.24. The van der Waals surface area contributed by atoms with Crippen molar-refractivity contribution in [3.63, 3.8) is 0 Å². The lowest BCUT2D eigenvalue weighted by Gasteiger charge is -2.25. The van der Waals surface area contributed by atoms with E-state index in [0.717, 1.165) is 31.0 Å². The zero-order valence-electron chi connectivity index (χ0n) is 20.4. The molecule has 0 aromatic heterocycles. The Bertz CT molecular complexity index is 1210. The lowest BCUT2D eigenvalue weighted by Crippen LogP contribution is -2.34. The molecular weight excluding hydrogens is 454 g/mol. The van der Waals surface area contributed by atoms with Crippen LogP contribution in [0, 0.1) is 0 Å². The number of methoxy groups -OCH3 is 2. The third-order valence-electron chi connectivity index (χ3n) is 6.06. The molecule has 0 spiro atoms. The fraction of sp³-hybridized carbons (Fsp3) is 0.267. The van der Waals surface area contributed by atoms with Crippen molar-refractivity contribution in [2.75, 3.05) is 33.1 Å². The van der Waals surface area contributed by atoms with E-state index in [-0.39, 0.29) is 0 Å². The number of rotatable bonds is 12. The third kappa shape index (κ3) is 7.01. The van der Waals surface area contributed by atoms with Gasteiger partial charge in [0.15, 0.2) is 11.5 Å². The molecule has 0 aliphatic carbocycles. The first-order valence-corrected chi connectivity index (χ1v) is 12.9. The maximum atomic E-state index is 11.0. The van der Waals surface area contributed by atoms with E-state index in [0.29, 0.717) is 12.3 Å². The van der Waals surface area contributed by atoms with E-state index in [1.165, 1.54) is 26.8 Å². The molecule has 1 unspecified atom stereocenters. The molecule has 0 aliphatic rings. The molecule has 0 bridgehead atoms. The summed E-state index contributed by atoms with van der Waals surface area (Å²) >= 11 is 1.72. The van der Waals surface area contributed by atoms with E-state index in [4.69, 9.17) is 9.47 Å². The first kappa shape index (κ1) is 25.1. The van der Waals surface area contributed by atoms with E-state index in [2.05, 4.69) is 77.7 Å². The Labute approximate surface area is 212 Å². The van der Waals surface area contributed by atoms with Crippen molar-refractivity contribution in [2.45, 2.75) is 24.0 Å². The van der Waals surface area contributed by atoms with Crippen LogP contribution >= 0.6 is 11.8 Å². The number of fused-ring (bicyclic) bond motifs is 1. The van der Waals surface area contributed by atoms with Gasteiger partial charge in [-0.05, 0) is 46.5 Å². The normalized spacial score (nSPS) is 12.1. The monoisotopic (exact) mass is 487 g/mol. The molecule has 4 aromatic rings. The van der Waals surface area contributed by atoms with Crippen LogP contribution in [0.3, 0.4) is 0 Å². The van der Waals surface area contributed by atoms with Gasteiger partial charge in [0.1, 0.15) is 0 Å². The van der Waals surface area contributed by atoms with Crippen molar-refractivity contribution >= 4 is 22.5 Å². The van der Waals surface area contributed by atoms with Crippen LogP contribution in [0.15, 0.2) is 95.9 Å². The van der Waals surface area contributed by atoms with Gasteiger partial charge in [0, 0.05) is 30.3 Å². The van der Waals surface area contributed by atoms with Gasteiger partial charge in [-0.1, -0.05) is 72.8 Å². The second kappa shape index (κ2) is 12.6. The van der Waals surface area contributed by atoms with Gasteiger partial charge in [-0.15, -0.1) is 11.8 Å². The lowest BCUT2D eigenvalue weighted by atomic mass is 10.1. The Morgan fingerprint density at radius 1 is 0.800 bits per heavy atom. The number of aliphatic hydroxyl groups excluding tert-OH is 1. The van der Waals surface area contributed by atoms with Gasteiger partial charge in [0.2, 0.25) is 0 Å². The van der Waals surface area contributed by atoms with E-state index in [9.17, 15) is 5.11 Å². The number of nitrogens with zero attached hydrogens (tertiary/aromatic N) is 1. The molecule has 0 heterocycles. The molecule has 0 aliphatic heterocycles. The standard InChI is InChI=1S/C30H33NO3S/c1-33-28-16-15-23(19-29(28)34-2)17-18-31(20-24-9-4-3-5-10-24)21-26(32)22-35-30-14-8-12-25-11-6-7-13-27(25)30/h3-16,19,26,32H,17-18,20-22H2,1-2H3. The van der Waals surface area contributed by atoms with Gasteiger partial charge in [-0.3, -0.25) is 4.90 Å². The van der Waals surface area contributed by atoms with Crippen LogP contribution in [0.1, 0.15) is 11.1 Å². The molecule has 182 valence electrons. The largest absolute Gasteiger partial charge is 0.493 e. The predicted octanol–water partition coefficient (Wildman–Crippen LogP) is 6.05. The quantitative estimate of drug-likeness (QED) is 0.246. The molecule has 4 nitrogen and oxygen atoms in total. The van der Waals surface area contributed by atoms with Crippen LogP contribution < -0.4 is 9.47 Å². The molecule has 5 heteroatoms. The summed E-state index contributed by atoms with van der Waals surface area (Å²) in [6.07, 6.45) is 0.421. The Morgan fingerprint density at radius 3 is 2.34 bits per heavy atom. The molecule has 1 atom stereocenters. The zero-order valence-corrected chi connectivity index (χ0v) is 21.2. The van der Waals surface area contributed by atoms with Crippen LogP contribution in [-0.4, -0.2) is 49.2 Å². The number of thioether (sulfide) groups is 1.